The molecule has 0 N–H and O–H groups in total. The summed E-state index contributed by atoms with van der Waals surface area (Å²) in [5.41, 5.74) is 18.3. The third-order valence-corrected chi connectivity index (χ3v) is 14.9. The summed E-state index contributed by atoms with van der Waals surface area (Å²) in [5.74, 6) is 2.13. The van der Waals surface area contributed by atoms with Gasteiger partial charge in [0.25, 0.3) is 0 Å². The molecule has 0 saturated carbocycles. The van der Waals surface area contributed by atoms with Crippen molar-refractivity contribution in [2.24, 2.45) is 39.9 Å². The Bertz CT molecular complexity index is 1960. The average molecular weight is 661 g/mol. The Morgan fingerprint density at radius 2 is 1.60 bits per heavy atom. The van der Waals surface area contributed by atoms with Gasteiger partial charge >= 0.3 is 0 Å². The van der Waals surface area contributed by atoms with Crippen LogP contribution in [0.5, 0.6) is 0 Å². The van der Waals surface area contributed by atoms with E-state index in [2.05, 4.69) is 132 Å². The number of fused-ring (bicyclic) bond motifs is 10. The van der Waals surface area contributed by atoms with Gasteiger partial charge in [-0.3, -0.25) is 0 Å². The first-order valence-corrected chi connectivity index (χ1v) is 20.2. The summed E-state index contributed by atoms with van der Waals surface area (Å²) in [6, 6.07) is 8.28. The quantitative estimate of drug-likeness (QED) is 0.230. The van der Waals surface area contributed by atoms with Crippen molar-refractivity contribution in [3.63, 3.8) is 0 Å². The van der Waals surface area contributed by atoms with Gasteiger partial charge in [-0.05, 0) is 113 Å². The SMILES string of the molecule is CC(C)(C)C1C=C2C3=C(C1)B1C4=C(CC(C(C)(C)C5=CCCC=C5)C=C4N3C3C=CC(C(C)(C)C)CC23)N2c3c1cccc3C1=CCCCC12. The zero-order valence-electron chi connectivity index (χ0n) is 31.9. The fourth-order valence-corrected chi connectivity index (χ4v) is 11.8. The summed E-state index contributed by atoms with van der Waals surface area (Å²) in [6.07, 6.45) is 30.6. The molecule has 3 heteroatoms. The van der Waals surface area contributed by atoms with Gasteiger partial charge in [0.1, 0.15) is 0 Å². The van der Waals surface area contributed by atoms with Gasteiger partial charge in [0.15, 0.2) is 0 Å². The topological polar surface area (TPSA) is 6.48 Å². The summed E-state index contributed by atoms with van der Waals surface area (Å²) >= 11 is 0. The summed E-state index contributed by atoms with van der Waals surface area (Å²) in [5, 5.41) is 0. The van der Waals surface area contributed by atoms with Crippen LogP contribution in [0.4, 0.5) is 5.69 Å². The first-order chi connectivity index (χ1) is 23.8. The molecule has 6 atom stereocenters. The molecule has 258 valence electrons. The third-order valence-electron chi connectivity index (χ3n) is 14.9. The second-order valence-electron chi connectivity index (χ2n) is 20.0. The van der Waals surface area contributed by atoms with Crippen molar-refractivity contribution in [3.05, 3.63) is 112 Å². The molecular formula is C47H57BN2. The molecule has 1 aromatic rings. The maximum atomic E-state index is 2.93. The minimum atomic E-state index is 0.0543. The van der Waals surface area contributed by atoms with E-state index in [0.29, 0.717) is 42.5 Å². The summed E-state index contributed by atoms with van der Waals surface area (Å²) < 4.78 is 0. The van der Waals surface area contributed by atoms with E-state index in [9.17, 15) is 0 Å². The van der Waals surface area contributed by atoms with E-state index in [0.717, 1.165) is 6.42 Å². The van der Waals surface area contributed by atoms with Crippen LogP contribution in [0, 0.1) is 39.9 Å². The molecule has 50 heavy (non-hydrogen) atoms. The molecule has 4 aliphatic heterocycles. The van der Waals surface area contributed by atoms with Gasteiger partial charge in [0.2, 0.25) is 6.71 Å². The molecule has 2 nitrogen and oxygen atoms in total. The van der Waals surface area contributed by atoms with Crippen LogP contribution in [-0.4, -0.2) is 23.7 Å². The molecule has 9 aliphatic rings. The molecular weight excluding hydrogens is 603 g/mol. The molecule has 6 unspecified atom stereocenters. The van der Waals surface area contributed by atoms with Gasteiger partial charge in [-0.25, -0.2) is 0 Å². The van der Waals surface area contributed by atoms with Gasteiger partial charge in [0, 0.05) is 34.3 Å². The maximum Gasteiger partial charge on any atom is 0.247 e. The Kier molecular flexibility index (Phi) is 6.59. The van der Waals surface area contributed by atoms with Crippen LogP contribution in [0.25, 0.3) is 5.57 Å². The molecule has 1 fully saturated rings. The third kappa shape index (κ3) is 4.22. The average Bonchev–Trinajstić information content (AvgIpc) is 3.61. The first kappa shape index (κ1) is 31.5. The summed E-state index contributed by atoms with van der Waals surface area (Å²) in [4.78, 5) is 5.86. The first-order valence-electron chi connectivity index (χ1n) is 20.2. The summed E-state index contributed by atoms with van der Waals surface area (Å²) in [6.45, 7) is 20.3. The van der Waals surface area contributed by atoms with E-state index in [1.54, 1.807) is 50.3 Å². The molecule has 0 bridgehead atoms. The smallest absolute Gasteiger partial charge is 0.247 e. The van der Waals surface area contributed by atoms with Crippen LogP contribution in [0.15, 0.2) is 106 Å². The lowest BCUT2D eigenvalue weighted by Gasteiger charge is -2.52. The van der Waals surface area contributed by atoms with Crippen LogP contribution in [0.3, 0.4) is 0 Å². The Labute approximate surface area is 302 Å². The van der Waals surface area contributed by atoms with E-state index < -0.39 is 0 Å². The Morgan fingerprint density at radius 3 is 2.36 bits per heavy atom. The van der Waals surface area contributed by atoms with E-state index in [-0.39, 0.29) is 16.2 Å². The van der Waals surface area contributed by atoms with Crippen molar-refractivity contribution in [3.8, 4) is 0 Å². The van der Waals surface area contributed by atoms with Crippen molar-refractivity contribution >= 4 is 23.4 Å². The van der Waals surface area contributed by atoms with Gasteiger partial charge in [-0.1, -0.05) is 128 Å². The highest BCUT2D eigenvalue weighted by Gasteiger charge is 2.58. The maximum absolute atomic E-state index is 2.93. The second-order valence-corrected chi connectivity index (χ2v) is 20.0. The lowest BCUT2D eigenvalue weighted by atomic mass is 9.30. The highest BCUT2D eigenvalue weighted by molar-refractivity contribution is 6.89. The molecule has 1 aromatic carbocycles. The lowest BCUT2D eigenvalue weighted by molar-refractivity contribution is 0.218. The monoisotopic (exact) mass is 660 g/mol. The molecule has 0 radical (unpaired) electrons. The standard InChI is InChI=1S/C47H57BN2/c1-45(2,3)29-21-22-39-34(23-29)35-24-30(46(4,5)6)25-37-44(35)50(39)41-27-31(47(7,8)28-15-10-9-11-16-28)26-40-42(41)48(37)36-19-14-18-33-32-17-12-13-20-38(32)49(40)43(33)36/h10,14-19,21-22,24,27,29-31,34,38-39H,9,11-13,20,23,25-26H2,1-8H3. The second kappa shape index (κ2) is 10.4. The van der Waals surface area contributed by atoms with Gasteiger partial charge in [-0.2, -0.15) is 0 Å². The van der Waals surface area contributed by atoms with Crippen molar-refractivity contribution < 1.29 is 0 Å². The van der Waals surface area contributed by atoms with Crippen LogP contribution >= 0.6 is 0 Å². The van der Waals surface area contributed by atoms with E-state index in [4.69, 9.17) is 0 Å². The molecule has 5 aliphatic carbocycles. The predicted molar refractivity (Wildman–Crippen MR) is 212 cm³/mol. The molecule has 0 aromatic heterocycles. The fourth-order valence-electron chi connectivity index (χ4n) is 11.8. The largest absolute Gasteiger partial charge is 0.338 e. The molecule has 10 rings (SSSR count). The zero-order valence-corrected chi connectivity index (χ0v) is 31.9. The van der Waals surface area contributed by atoms with Crippen LogP contribution in [-0.2, 0) is 0 Å². The number of allylic oxidation sites excluding steroid dienone is 12. The van der Waals surface area contributed by atoms with E-state index in [1.165, 1.54) is 56.1 Å². The van der Waals surface area contributed by atoms with Gasteiger partial charge in [-0.15, -0.1) is 0 Å². The van der Waals surface area contributed by atoms with Crippen LogP contribution < -0.4 is 10.4 Å². The number of benzene rings is 1. The molecule has 0 spiro atoms. The molecule has 1 saturated heterocycles. The van der Waals surface area contributed by atoms with Crippen LogP contribution in [0.2, 0.25) is 0 Å². The van der Waals surface area contributed by atoms with E-state index in [1.807, 2.05) is 0 Å². The highest BCUT2D eigenvalue weighted by atomic mass is 15.3. The number of para-hydroxylation sites is 1. The predicted octanol–water partition coefficient (Wildman–Crippen LogP) is 10.9. The van der Waals surface area contributed by atoms with Crippen molar-refractivity contribution in [1.29, 1.82) is 0 Å². The van der Waals surface area contributed by atoms with Crippen molar-refractivity contribution in [1.82, 2.24) is 4.90 Å². The van der Waals surface area contributed by atoms with E-state index >= 15 is 0 Å². The molecule has 0 amide bonds. The zero-order chi connectivity index (χ0) is 34.5. The number of hydrogen-bond acceptors (Lipinski definition) is 2. The number of nitrogens with zero attached hydrogens (tertiary/aromatic N) is 2. The Morgan fingerprint density at radius 1 is 0.780 bits per heavy atom. The van der Waals surface area contributed by atoms with Gasteiger partial charge in [0.05, 0.1) is 12.1 Å². The Hall–Kier alpha value is -3.20. The normalized spacial score (nSPS) is 32.2. The Balaban J connectivity index is 1.25. The number of hydrogen-bond donors (Lipinski definition) is 0. The minimum Gasteiger partial charge on any atom is -0.338 e. The minimum absolute atomic E-state index is 0.0543. The lowest BCUT2D eigenvalue weighted by Crippen LogP contribution is -2.55. The summed E-state index contributed by atoms with van der Waals surface area (Å²) in [7, 11) is 0. The fraction of sp³-hybridized carbons (Fsp3) is 0.532. The van der Waals surface area contributed by atoms with Gasteiger partial charge < -0.3 is 9.80 Å². The number of anilines is 1. The number of rotatable bonds is 2. The molecule has 4 heterocycles. The van der Waals surface area contributed by atoms with Crippen molar-refractivity contribution in [2.45, 2.75) is 119 Å². The van der Waals surface area contributed by atoms with Crippen LogP contribution in [0.1, 0.15) is 112 Å². The van der Waals surface area contributed by atoms with Crippen molar-refractivity contribution in [2.75, 3.05) is 4.90 Å². The highest BCUT2D eigenvalue weighted by Crippen LogP contribution is 2.62.